The fourth-order valence-corrected chi connectivity index (χ4v) is 5.69. The number of aryl methyl sites for hydroxylation is 2. The Labute approximate surface area is 238 Å². The van der Waals surface area contributed by atoms with Gasteiger partial charge in [0.1, 0.15) is 11.4 Å². The maximum atomic E-state index is 13.0. The van der Waals surface area contributed by atoms with Gasteiger partial charge in [0.25, 0.3) is 0 Å². The number of ether oxygens (including phenoxy) is 2. The monoisotopic (exact) mass is 548 g/mol. The molecule has 0 saturated carbocycles. The van der Waals surface area contributed by atoms with Crippen molar-refractivity contribution in [3.8, 4) is 5.75 Å². The number of rotatable bonds is 12. The number of hydrogen-bond donors (Lipinski definition) is 0. The van der Waals surface area contributed by atoms with E-state index < -0.39 is 5.60 Å². The second-order valence-electron chi connectivity index (χ2n) is 11.9. The number of Topliss-reactive ketones (excluding diaryl/α,β-unsaturated/α-hetero) is 1. The van der Waals surface area contributed by atoms with Crippen LogP contribution in [0.25, 0.3) is 0 Å². The second-order valence-corrected chi connectivity index (χ2v) is 11.9. The van der Waals surface area contributed by atoms with Gasteiger partial charge in [-0.3, -0.25) is 9.59 Å². The Morgan fingerprint density at radius 3 is 2.42 bits per heavy atom. The van der Waals surface area contributed by atoms with Crippen LogP contribution in [0.2, 0.25) is 0 Å². The standard InChI is InChI=1S/C33H44N2O5/c1-33(2,3)40-32(38)34(21-18-24-12-8-9-15-29(24)39-4)19-10-6-5-7-14-28(36)27-22-25-13-11-20-35-30(37)17-16-26(23-27)31(25)35/h8-9,12,15,22-23H,5-7,10-11,13-14,16-21H2,1-4H3. The van der Waals surface area contributed by atoms with Gasteiger partial charge in [0.15, 0.2) is 5.78 Å². The molecular formula is C33H44N2O5. The Bertz CT molecular complexity index is 1200. The van der Waals surface area contributed by atoms with Crippen LogP contribution in [0.4, 0.5) is 10.5 Å². The summed E-state index contributed by atoms with van der Waals surface area (Å²) in [5, 5.41) is 0. The molecule has 2 aromatic carbocycles. The lowest BCUT2D eigenvalue weighted by Gasteiger charge is -2.35. The molecule has 0 radical (unpaired) electrons. The molecule has 2 aromatic rings. The number of amides is 2. The third kappa shape index (κ3) is 7.64. The number of methoxy groups -OCH3 is 1. The predicted molar refractivity (Wildman–Crippen MR) is 157 cm³/mol. The number of carbonyl (C=O) groups excluding carboxylic acids is 3. The number of carbonyl (C=O) groups is 3. The number of anilines is 1. The van der Waals surface area contributed by atoms with E-state index in [9.17, 15) is 14.4 Å². The fraction of sp³-hybridized carbons (Fsp3) is 0.545. The summed E-state index contributed by atoms with van der Waals surface area (Å²) in [6, 6.07) is 11.9. The zero-order valence-corrected chi connectivity index (χ0v) is 24.6. The van der Waals surface area contributed by atoms with Gasteiger partial charge in [-0.05, 0) is 94.2 Å². The van der Waals surface area contributed by atoms with Gasteiger partial charge >= 0.3 is 6.09 Å². The maximum absolute atomic E-state index is 13.0. The summed E-state index contributed by atoms with van der Waals surface area (Å²) in [6.07, 6.45) is 7.59. The molecule has 0 N–H and O–H groups in total. The first-order valence-corrected chi connectivity index (χ1v) is 14.8. The molecule has 2 aliphatic rings. The minimum atomic E-state index is -0.552. The molecule has 0 atom stereocenters. The van der Waals surface area contributed by atoms with Crippen LogP contribution in [0.3, 0.4) is 0 Å². The third-order valence-electron chi connectivity index (χ3n) is 7.67. The highest BCUT2D eigenvalue weighted by atomic mass is 16.6. The van der Waals surface area contributed by atoms with E-state index in [1.165, 1.54) is 0 Å². The first-order valence-electron chi connectivity index (χ1n) is 14.8. The Kier molecular flexibility index (Phi) is 9.88. The van der Waals surface area contributed by atoms with Crippen LogP contribution in [-0.4, -0.2) is 55.0 Å². The number of ketones is 1. The lowest BCUT2D eigenvalue weighted by molar-refractivity contribution is -0.119. The molecule has 40 heavy (non-hydrogen) atoms. The first-order chi connectivity index (χ1) is 19.2. The van der Waals surface area contributed by atoms with Gasteiger partial charge in [-0.2, -0.15) is 0 Å². The van der Waals surface area contributed by atoms with Crippen molar-refractivity contribution in [2.75, 3.05) is 31.6 Å². The van der Waals surface area contributed by atoms with Crippen LogP contribution in [-0.2, 0) is 28.8 Å². The smallest absolute Gasteiger partial charge is 0.410 e. The minimum Gasteiger partial charge on any atom is -0.496 e. The fourth-order valence-electron chi connectivity index (χ4n) is 5.69. The van der Waals surface area contributed by atoms with Crippen LogP contribution in [0.5, 0.6) is 5.75 Å². The summed E-state index contributed by atoms with van der Waals surface area (Å²) in [5.41, 5.74) is 4.67. The van der Waals surface area contributed by atoms with E-state index in [2.05, 4.69) is 0 Å². The lowest BCUT2D eigenvalue weighted by Crippen LogP contribution is -2.39. The Balaban J connectivity index is 1.26. The molecular weight excluding hydrogens is 504 g/mol. The van der Waals surface area contributed by atoms with E-state index in [0.29, 0.717) is 32.4 Å². The van der Waals surface area contributed by atoms with Gasteiger partial charge in [0, 0.05) is 38.0 Å². The first kappa shape index (κ1) is 29.6. The van der Waals surface area contributed by atoms with Crippen molar-refractivity contribution in [2.24, 2.45) is 0 Å². The number of unbranched alkanes of at least 4 members (excludes halogenated alkanes) is 3. The zero-order valence-electron chi connectivity index (χ0n) is 24.6. The molecule has 7 nitrogen and oxygen atoms in total. The Hall–Kier alpha value is -3.35. The summed E-state index contributed by atoms with van der Waals surface area (Å²) in [7, 11) is 1.66. The number of hydrogen-bond acceptors (Lipinski definition) is 5. The van der Waals surface area contributed by atoms with E-state index >= 15 is 0 Å². The molecule has 0 saturated heterocycles. The Morgan fingerprint density at radius 2 is 1.68 bits per heavy atom. The summed E-state index contributed by atoms with van der Waals surface area (Å²) >= 11 is 0. The second kappa shape index (κ2) is 13.3. The molecule has 0 spiro atoms. The largest absolute Gasteiger partial charge is 0.496 e. The topological polar surface area (TPSA) is 76.2 Å². The van der Waals surface area contributed by atoms with Gasteiger partial charge in [0.05, 0.1) is 12.8 Å². The number of benzene rings is 2. The van der Waals surface area contributed by atoms with E-state index in [4.69, 9.17) is 9.47 Å². The van der Waals surface area contributed by atoms with Gasteiger partial charge in [-0.25, -0.2) is 4.79 Å². The summed E-state index contributed by atoms with van der Waals surface area (Å²) in [5.74, 6) is 1.21. The molecule has 0 aromatic heterocycles. The van der Waals surface area contributed by atoms with Gasteiger partial charge in [0.2, 0.25) is 5.91 Å². The molecule has 2 heterocycles. The average molecular weight is 549 g/mol. The van der Waals surface area contributed by atoms with Crippen molar-refractivity contribution in [1.29, 1.82) is 0 Å². The normalized spacial score (nSPS) is 14.5. The van der Waals surface area contributed by atoms with E-state index in [-0.39, 0.29) is 17.8 Å². The molecule has 0 aliphatic carbocycles. The zero-order chi connectivity index (χ0) is 28.7. The van der Waals surface area contributed by atoms with Crippen molar-refractivity contribution < 1.29 is 23.9 Å². The van der Waals surface area contributed by atoms with E-state index in [0.717, 1.165) is 85.2 Å². The van der Waals surface area contributed by atoms with Gasteiger partial charge in [-0.1, -0.05) is 31.0 Å². The molecule has 0 unspecified atom stereocenters. The highest BCUT2D eigenvalue weighted by Crippen LogP contribution is 2.37. The van der Waals surface area contributed by atoms with Crippen molar-refractivity contribution in [2.45, 2.75) is 90.6 Å². The van der Waals surface area contributed by atoms with Crippen molar-refractivity contribution in [3.05, 3.63) is 58.7 Å². The Morgan fingerprint density at radius 1 is 0.950 bits per heavy atom. The molecule has 216 valence electrons. The van der Waals surface area contributed by atoms with Crippen LogP contribution >= 0.6 is 0 Å². The molecule has 7 heteroatoms. The van der Waals surface area contributed by atoms with Crippen molar-refractivity contribution >= 4 is 23.5 Å². The molecule has 0 fully saturated rings. The van der Waals surface area contributed by atoms with E-state index in [1.807, 2.05) is 62.1 Å². The van der Waals surface area contributed by atoms with Crippen LogP contribution < -0.4 is 9.64 Å². The van der Waals surface area contributed by atoms with Crippen LogP contribution in [0, 0.1) is 0 Å². The molecule has 2 amide bonds. The summed E-state index contributed by atoms with van der Waals surface area (Å²) < 4.78 is 11.1. The predicted octanol–water partition coefficient (Wildman–Crippen LogP) is 6.53. The number of para-hydroxylation sites is 1. The lowest BCUT2D eigenvalue weighted by atomic mass is 9.88. The van der Waals surface area contributed by atoms with Gasteiger partial charge in [-0.15, -0.1) is 0 Å². The average Bonchev–Trinajstić information content (AvgIpc) is 2.93. The maximum Gasteiger partial charge on any atom is 0.410 e. The minimum absolute atomic E-state index is 0.181. The molecule has 2 aliphatic heterocycles. The highest BCUT2D eigenvalue weighted by molar-refractivity contribution is 6.01. The molecule has 4 rings (SSSR count). The quantitative estimate of drug-likeness (QED) is 0.223. The highest BCUT2D eigenvalue weighted by Gasteiger charge is 2.30. The third-order valence-corrected chi connectivity index (χ3v) is 7.67. The van der Waals surface area contributed by atoms with Crippen molar-refractivity contribution in [3.63, 3.8) is 0 Å². The summed E-state index contributed by atoms with van der Waals surface area (Å²) in [6.45, 7) is 7.60. The summed E-state index contributed by atoms with van der Waals surface area (Å²) in [4.78, 5) is 42.0. The van der Waals surface area contributed by atoms with Crippen LogP contribution in [0.15, 0.2) is 36.4 Å². The number of nitrogens with zero attached hydrogens (tertiary/aromatic N) is 2. The van der Waals surface area contributed by atoms with Gasteiger partial charge < -0.3 is 19.3 Å². The SMILES string of the molecule is COc1ccccc1CCN(CCCCCCC(=O)c1cc2c3c(c1)CCC(=O)N3CCC2)C(=O)OC(C)(C)C. The molecule has 0 bridgehead atoms. The van der Waals surface area contributed by atoms with Crippen LogP contribution in [0.1, 0.15) is 92.8 Å². The van der Waals surface area contributed by atoms with E-state index in [1.54, 1.807) is 12.0 Å². The van der Waals surface area contributed by atoms with Crippen molar-refractivity contribution in [1.82, 2.24) is 4.90 Å².